The second-order valence-corrected chi connectivity index (χ2v) is 6.40. The summed E-state index contributed by atoms with van der Waals surface area (Å²) in [7, 11) is 1.63. The van der Waals surface area contributed by atoms with E-state index in [1.54, 1.807) is 31.4 Å². The third-order valence-corrected chi connectivity index (χ3v) is 4.31. The van der Waals surface area contributed by atoms with E-state index in [1.807, 2.05) is 24.3 Å². The smallest absolute Gasteiger partial charge is 0.271 e. The van der Waals surface area contributed by atoms with Crippen LogP contribution in [0.15, 0.2) is 60.9 Å². The van der Waals surface area contributed by atoms with E-state index in [1.165, 1.54) is 19.3 Å². The number of benzene rings is 2. The molecule has 0 atom stereocenters. The van der Waals surface area contributed by atoms with Gasteiger partial charge in [0.2, 0.25) is 0 Å². The van der Waals surface area contributed by atoms with Crippen molar-refractivity contribution in [1.82, 2.24) is 15.3 Å². The predicted octanol–water partition coefficient (Wildman–Crippen LogP) is 3.40. The minimum absolute atomic E-state index is 0.0127. The quantitative estimate of drug-likeness (QED) is 0.573. The Balaban J connectivity index is 1.50. The van der Waals surface area contributed by atoms with Gasteiger partial charge in [0.05, 0.1) is 19.5 Å². The molecule has 2 N–H and O–H groups in total. The number of rotatable bonds is 8. The Hall–Kier alpha value is -3.74. The number of methoxy groups -OCH3 is 1. The Bertz CT molecular complexity index is 968. The van der Waals surface area contributed by atoms with Crippen LogP contribution in [0.3, 0.4) is 0 Å². The maximum absolute atomic E-state index is 12.2. The van der Waals surface area contributed by atoms with Crippen molar-refractivity contribution < 1.29 is 14.3 Å². The van der Waals surface area contributed by atoms with Crippen molar-refractivity contribution in [2.45, 2.75) is 13.3 Å². The number of carbonyl (C=O) groups excluding carboxylic acids is 2. The molecule has 1 aromatic heterocycles. The second-order valence-electron chi connectivity index (χ2n) is 6.40. The number of aromatic nitrogens is 2. The van der Waals surface area contributed by atoms with Gasteiger partial charge in [0, 0.05) is 17.8 Å². The normalized spacial score (nSPS) is 10.3. The molecular formula is C22H22N4O3. The molecule has 148 valence electrons. The molecule has 0 radical (unpaired) electrons. The zero-order valence-electron chi connectivity index (χ0n) is 16.3. The lowest BCUT2D eigenvalue weighted by Gasteiger charge is -2.08. The first-order valence-electron chi connectivity index (χ1n) is 9.16. The van der Waals surface area contributed by atoms with Gasteiger partial charge in [-0.3, -0.25) is 9.59 Å². The standard InChI is InChI=1S/C22H22N4O3/c1-15(27)17-5-7-18(8-6-17)26-21-14-24-20(13-25-21)22(28)23-12-11-16-3-9-19(29-2)10-4-16/h3-10,13-14H,11-12H2,1-2H3,(H,23,28)(H,25,26). The summed E-state index contributed by atoms with van der Waals surface area (Å²) >= 11 is 0. The van der Waals surface area contributed by atoms with Gasteiger partial charge in [0.1, 0.15) is 17.3 Å². The molecule has 2 aromatic carbocycles. The maximum Gasteiger partial charge on any atom is 0.271 e. The van der Waals surface area contributed by atoms with Gasteiger partial charge in [-0.2, -0.15) is 0 Å². The summed E-state index contributed by atoms with van der Waals surface area (Å²) < 4.78 is 5.13. The van der Waals surface area contributed by atoms with Crippen molar-refractivity contribution >= 4 is 23.2 Å². The fraction of sp³-hybridized carbons (Fsp3) is 0.182. The van der Waals surface area contributed by atoms with Gasteiger partial charge in [-0.1, -0.05) is 12.1 Å². The molecule has 0 spiro atoms. The molecule has 0 aliphatic heterocycles. The highest BCUT2D eigenvalue weighted by Crippen LogP contribution is 2.15. The summed E-state index contributed by atoms with van der Waals surface area (Å²) in [6.07, 6.45) is 3.63. The third kappa shape index (κ3) is 5.62. The highest BCUT2D eigenvalue weighted by molar-refractivity contribution is 5.94. The number of carbonyl (C=O) groups is 2. The number of hydrogen-bond donors (Lipinski definition) is 2. The van der Waals surface area contributed by atoms with Gasteiger partial charge in [-0.05, 0) is 55.3 Å². The zero-order valence-corrected chi connectivity index (χ0v) is 16.3. The minimum atomic E-state index is -0.275. The second kappa shape index (κ2) is 9.45. The Morgan fingerprint density at radius 2 is 1.69 bits per heavy atom. The number of nitrogens with one attached hydrogen (secondary N) is 2. The molecule has 3 aromatic rings. The van der Waals surface area contributed by atoms with Gasteiger partial charge in [-0.15, -0.1) is 0 Å². The van der Waals surface area contributed by atoms with Crippen LogP contribution in [0.25, 0.3) is 0 Å². The molecule has 29 heavy (non-hydrogen) atoms. The van der Waals surface area contributed by atoms with Crippen LogP contribution in [0.1, 0.15) is 33.3 Å². The Kier molecular flexibility index (Phi) is 6.52. The van der Waals surface area contributed by atoms with Crippen LogP contribution >= 0.6 is 0 Å². The molecule has 0 aliphatic carbocycles. The highest BCUT2D eigenvalue weighted by atomic mass is 16.5. The first kappa shape index (κ1) is 20.0. The molecule has 0 unspecified atom stereocenters. The van der Waals surface area contributed by atoms with Crippen molar-refractivity contribution in [3.8, 4) is 5.75 Å². The summed E-state index contributed by atoms with van der Waals surface area (Å²) in [6, 6.07) is 14.8. The lowest BCUT2D eigenvalue weighted by atomic mass is 10.1. The number of amides is 1. The number of Topliss-reactive ketones (excluding diaryl/α,β-unsaturated/α-hetero) is 1. The first-order valence-corrected chi connectivity index (χ1v) is 9.16. The molecular weight excluding hydrogens is 368 g/mol. The van der Waals surface area contributed by atoms with Gasteiger partial charge in [-0.25, -0.2) is 9.97 Å². The molecule has 0 saturated carbocycles. The summed E-state index contributed by atoms with van der Waals surface area (Å²) in [5.41, 5.74) is 2.77. The molecule has 1 heterocycles. The van der Waals surface area contributed by atoms with Crippen LogP contribution in [0.4, 0.5) is 11.5 Å². The van der Waals surface area contributed by atoms with E-state index >= 15 is 0 Å². The summed E-state index contributed by atoms with van der Waals surface area (Å²) in [5.74, 6) is 1.05. The van der Waals surface area contributed by atoms with Crippen LogP contribution in [0.2, 0.25) is 0 Å². The minimum Gasteiger partial charge on any atom is -0.497 e. The molecule has 0 aliphatic rings. The van der Waals surface area contributed by atoms with Crippen LogP contribution in [0, 0.1) is 0 Å². The molecule has 0 bridgehead atoms. The van der Waals surface area contributed by atoms with Crippen LogP contribution in [-0.4, -0.2) is 35.3 Å². The third-order valence-electron chi connectivity index (χ3n) is 4.31. The fourth-order valence-electron chi connectivity index (χ4n) is 2.65. The summed E-state index contributed by atoms with van der Waals surface area (Å²) in [4.78, 5) is 31.9. The van der Waals surface area contributed by atoms with Crippen molar-refractivity contribution in [1.29, 1.82) is 0 Å². The highest BCUT2D eigenvalue weighted by Gasteiger charge is 2.08. The predicted molar refractivity (Wildman–Crippen MR) is 111 cm³/mol. The first-order chi connectivity index (χ1) is 14.0. The van der Waals surface area contributed by atoms with E-state index in [-0.39, 0.29) is 17.4 Å². The zero-order chi connectivity index (χ0) is 20.6. The van der Waals surface area contributed by atoms with E-state index in [2.05, 4.69) is 20.6 Å². The van der Waals surface area contributed by atoms with Crippen molar-refractivity contribution in [3.05, 3.63) is 77.7 Å². The molecule has 1 amide bonds. The maximum atomic E-state index is 12.2. The summed E-state index contributed by atoms with van der Waals surface area (Å²) in [5, 5.41) is 5.92. The Morgan fingerprint density at radius 3 is 2.28 bits per heavy atom. The van der Waals surface area contributed by atoms with Crippen LogP contribution < -0.4 is 15.4 Å². The molecule has 3 rings (SSSR count). The number of ether oxygens (including phenoxy) is 1. The molecule has 7 heteroatoms. The summed E-state index contributed by atoms with van der Waals surface area (Å²) in [6.45, 7) is 2.02. The largest absolute Gasteiger partial charge is 0.497 e. The van der Waals surface area contributed by atoms with Gasteiger partial charge >= 0.3 is 0 Å². The van der Waals surface area contributed by atoms with Gasteiger partial charge < -0.3 is 15.4 Å². The average molecular weight is 390 g/mol. The monoisotopic (exact) mass is 390 g/mol. The van der Waals surface area contributed by atoms with Crippen LogP contribution in [-0.2, 0) is 6.42 Å². The van der Waals surface area contributed by atoms with Crippen molar-refractivity contribution in [3.63, 3.8) is 0 Å². The van der Waals surface area contributed by atoms with E-state index < -0.39 is 0 Å². The van der Waals surface area contributed by atoms with Crippen LogP contribution in [0.5, 0.6) is 5.75 Å². The molecule has 0 fully saturated rings. The van der Waals surface area contributed by atoms with Gasteiger partial charge in [0.15, 0.2) is 5.78 Å². The number of hydrogen-bond acceptors (Lipinski definition) is 6. The number of anilines is 2. The fourth-order valence-corrected chi connectivity index (χ4v) is 2.65. The topological polar surface area (TPSA) is 93.2 Å². The van der Waals surface area contributed by atoms with Crippen molar-refractivity contribution in [2.75, 3.05) is 19.0 Å². The lowest BCUT2D eigenvalue weighted by molar-refractivity contribution is 0.0948. The van der Waals surface area contributed by atoms with Gasteiger partial charge in [0.25, 0.3) is 5.91 Å². The Labute approximate surface area is 169 Å². The lowest BCUT2D eigenvalue weighted by Crippen LogP contribution is -2.26. The number of nitrogens with zero attached hydrogens (tertiary/aromatic N) is 2. The number of ketones is 1. The average Bonchev–Trinajstić information content (AvgIpc) is 2.75. The molecule has 7 nitrogen and oxygen atoms in total. The molecule has 0 saturated heterocycles. The van der Waals surface area contributed by atoms with Crippen molar-refractivity contribution in [2.24, 2.45) is 0 Å². The van der Waals surface area contributed by atoms with E-state index in [0.717, 1.165) is 17.0 Å². The van der Waals surface area contributed by atoms with E-state index in [0.29, 0.717) is 24.3 Å². The van der Waals surface area contributed by atoms with E-state index in [9.17, 15) is 9.59 Å². The van der Waals surface area contributed by atoms with E-state index in [4.69, 9.17) is 4.74 Å². The SMILES string of the molecule is COc1ccc(CCNC(=O)c2cnc(Nc3ccc(C(C)=O)cc3)cn2)cc1. The Morgan fingerprint density at radius 1 is 0.966 bits per heavy atom.